The molecule has 2 aliphatic rings. The minimum atomic E-state index is -0.396. The molecule has 0 aromatic heterocycles. The zero-order valence-electron chi connectivity index (χ0n) is 15.5. The van der Waals surface area contributed by atoms with Crippen LogP contribution in [0.25, 0.3) is 0 Å². The lowest BCUT2D eigenvalue weighted by Gasteiger charge is -2.49. The third-order valence-corrected chi connectivity index (χ3v) is 5.96. The van der Waals surface area contributed by atoms with E-state index >= 15 is 0 Å². The highest BCUT2D eigenvalue weighted by Gasteiger charge is 2.51. The first-order valence-electron chi connectivity index (χ1n) is 9.71. The van der Waals surface area contributed by atoms with Crippen molar-refractivity contribution in [2.24, 2.45) is 5.92 Å². The van der Waals surface area contributed by atoms with Crippen LogP contribution in [0.15, 0.2) is 103 Å². The minimum absolute atomic E-state index is 0.0107. The molecule has 3 aromatic carbocycles. The maximum Gasteiger partial charge on any atom is 0.304 e. The summed E-state index contributed by atoms with van der Waals surface area (Å²) in [5.41, 5.74) is 4.07. The molecule has 0 amide bonds. The number of benzene rings is 3. The van der Waals surface area contributed by atoms with Crippen LogP contribution in [0.4, 0.5) is 0 Å². The fraction of sp³-hybridized carbons (Fsp3) is 0.120. The van der Waals surface area contributed by atoms with Gasteiger partial charge in [0.1, 0.15) is 11.9 Å². The predicted molar refractivity (Wildman–Crippen MR) is 114 cm³/mol. The van der Waals surface area contributed by atoms with E-state index in [-0.39, 0.29) is 19.5 Å². The summed E-state index contributed by atoms with van der Waals surface area (Å²) < 4.78 is 6.41. The van der Waals surface area contributed by atoms with E-state index in [1.807, 2.05) is 12.1 Å². The van der Waals surface area contributed by atoms with Gasteiger partial charge in [-0.25, -0.2) is 0 Å². The van der Waals surface area contributed by atoms with Crippen LogP contribution in [-0.4, -0.2) is 18.6 Å². The van der Waals surface area contributed by atoms with Gasteiger partial charge in [-0.05, 0) is 23.3 Å². The summed E-state index contributed by atoms with van der Waals surface area (Å²) >= 11 is 0. The Kier molecular flexibility index (Phi) is 4.18. The number of ether oxygens (including phenoxy) is 1. The summed E-state index contributed by atoms with van der Waals surface area (Å²) in [4.78, 5) is 0. The maximum absolute atomic E-state index is 9.82. The number of hydrogen-bond acceptors (Lipinski definition) is 2. The van der Waals surface area contributed by atoms with Gasteiger partial charge < -0.3 is 9.76 Å². The van der Waals surface area contributed by atoms with E-state index in [0.29, 0.717) is 0 Å². The van der Waals surface area contributed by atoms with Crippen molar-refractivity contribution in [3.05, 3.63) is 120 Å². The van der Waals surface area contributed by atoms with Gasteiger partial charge in [-0.1, -0.05) is 96.5 Å². The number of allylic oxidation sites excluding steroid dienone is 2. The van der Waals surface area contributed by atoms with Crippen LogP contribution in [-0.2, 0) is 5.41 Å². The van der Waals surface area contributed by atoms with Crippen LogP contribution >= 0.6 is 0 Å². The van der Waals surface area contributed by atoms with E-state index in [1.165, 1.54) is 11.1 Å². The standard InChI is InChI=1S/C25H21BO2/c27-26-20-15-16-24-22(17-20)25(18-9-3-1-4-10-18,19-11-5-2-6-12-19)21-13-7-8-14-23(21)28-24/h1-17,21,23,26-27H. The molecule has 0 radical (unpaired) electrons. The first-order chi connectivity index (χ1) is 13.8. The Balaban J connectivity index is 1.90. The van der Waals surface area contributed by atoms with E-state index in [2.05, 4.69) is 91.0 Å². The molecular formula is C25H21BO2. The molecule has 2 unspecified atom stereocenters. The predicted octanol–water partition coefficient (Wildman–Crippen LogP) is 3.49. The summed E-state index contributed by atoms with van der Waals surface area (Å²) in [5.74, 6) is 0.995. The topological polar surface area (TPSA) is 29.5 Å². The highest BCUT2D eigenvalue weighted by atomic mass is 16.5. The second-order valence-corrected chi connectivity index (χ2v) is 7.41. The second kappa shape index (κ2) is 6.85. The van der Waals surface area contributed by atoms with Gasteiger partial charge in [-0.2, -0.15) is 0 Å². The van der Waals surface area contributed by atoms with E-state index < -0.39 is 5.41 Å². The first-order valence-corrected chi connectivity index (χ1v) is 9.71. The molecule has 3 aromatic rings. The number of fused-ring (bicyclic) bond motifs is 2. The van der Waals surface area contributed by atoms with E-state index in [4.69, 9.17) is 4.74 Å². The van der Waals surface area contributed by atoms with Gasteiger partial charge in [0.15, 0.2) is 0 Å². The van der Waals surface area contributed by atoms with Gasteiger partial charge >= 0.3 is 7.48 Å². The summed E-state index contributed by atoms with van der Waals surface area (Å²) in [6.45, 7) is 0. The maximum atomic E-state index is 9.82. The fourth-order valence-corrected chi connectivity index (χ4v) is 4.77. The van der Waals surface area contributed by atoms with Crippen molar-refractivity contribution in [1.82, 2.24) is 0 Å². The van der Waals surface area contributed by atoms with Crippen LogP contribution in [0, 0.1) is 5.92 Å². The van der Waals surface area contributed by atoms with Crippen molar-refractivity contribution in [3.63, 3.8) is 0 Å². The number of rotatable bonds is 3. The third-order valence-electron chi connectivity index (χ3n) is 5.96. The van der Waals surface area contributed by atoms with Crippen LogP contribution in [0.5, 0.6) is 5.75 Å². The number of hydrogen-bond donors (Lipinski definition) is 1. The Morgan fingerprint density at radius 3 is 2.07 bits per heavy atom. The van der Waals surface area contributed by atoms with Crippen molar-refractivity contribution in [1.29, 1.82) is 0 Å². The highest BCUT2D eigenvalue weighted by molar-refractivity contribution is 6.45. The van der Waals surface area contributed by atoms with Crippen LogP contribution in [0.2, 0.25) is 0 Å². The smallest absolute Gasteiger partial charge is 0.304 e. The minimum Gasteiger partial charge on any atom is -0.485 e. The fourth-order valence-electron chi connectivity index (χ4n) is 4.77. The van der Waals surface area contributed by atoms with Gasteiger partial charge in [0.2, 0.25) is 0 Å². The molecule has 1 aliphatic heterocycles. The normalized spacial score (nSPS) is 21.3. The molecular weight excluding hydrogens is 343 g/mol. The average Bonchev–Trinajstić information content (AvgIpc) is 2.78. The molecule has 3 heteroatoms. The van der Waals surface area contributed by atoms with Gasteiger partial charge in [0.05, 0.1) is 5.41 Å². The third kappa shape index (κ3) is 2.47. The molecule has 2 atom stereocenters. The van der Waals surface area contributed by atoms with Crippen molar-refractivity contribution < 1.29 is 9.76 Å². The SMILES string of the molecule is OBc1ccc2c(c1)C(c1ccccc1)(c1ccccc1)C1C=CC=CC1O2. The Morgan fingerprint density at radius 2 is 1.43 bits per heavy atom. The Morgan fingerprint density at radius 1 is 0.786 bits per heavy atom. The van der Waals surface area contributed by atoms with Crippen molar-refractivity contribution in [3.8, 4) is 5.75 Å². The van der Waals surface area contributed by atoms with Gasteiger partial charge in [-0.3, -0.25) is 0 Å². The van der Waals surface area contributed by atoms with Gasteiger partial charge in [0, 0.05) is 11.5 Å². The van der Waals surface area contributed by atoms with E-state index in [1.54, 1.807) is 0 Å². The molecule has 0 bridgehead atoms. The first kappa shape index (κ1) is 17.1. The summed E-state index contributed by atoms with van der Waals surface area (Å²) in [6, 6.07) is 27.4. The summed E-state index contributed by atoms with van der Waals surface area (Å²) in [7, 11) is 0.0107. The molecule has 1 aliphatic carbocycles. The van der Waals surface area contributed by atoms with E-state index in [9.17, 15) is 5.02 Å². The highest BCUT2D eigenvalue weighted by Crippen LogP contribution is 2.54. The van der Waals surface area contributed by atoms with E-state index in [0.717, 1.165) is 16.8 Å². The van der Waals surface area contributed by atoms with Crippen molar-refractivity contribution in [2.45, 2.75) is 11.5 Å². The van der Waals surface area contributed by atoms with Crippen molar-refractivity contribution in [2.75, 3.05) is 0 Å². The zero-order valence-corrected chi connectivity index (χ0v) is 15.5. The molecule has 0 spiro atoms. The molecule has 0 saturated carbocycles. The Bertz CT molecular complexity index is 1000. The van der Waals surface area contributed by atoms with Crippen LogP contribution in [0.3, 0.4) is 0 Å². The second-order valence-electron chi connectivity index (χ2n) is 7.41. The Labute approximate surface area is 166 Å². The van der Waals surface area contributed by atoms with Crippen molar-refractivity contribution >= 4 is 12.9 Å². The summed E-state index contributed by atoms with van der Waals surface area (Å²) in [6.07, 6.45) is 8.55. The average molecular weight is 364 g/mol. The van der Waals surface area contributed by atoms with Crippen LogP contribution in [0.1, 0.15) is 16.7 Å². The molecule has 28 heavy (non-hydrogen) atoms. The van der Waals surface area contributed by atoms with Gasteiger partial charge in [-0.15, -0.1) is 0 Å². The van der Waals surface area contributed by atoms with Gasteiger partial charge in [0.25, 0.3) is 0 Å². The summed E-state index contributed by atoms with van der Waals surface area (Å²) in [5, 5.41) is 9.82. The molecule has 0 saturated heterocycles. The quantitative estimate of drug-likeness (QED) is 0.721. The molecule has 1 N–H and O–H groups in total. The molecule has 5 rings (SSSR count). The lowest BCUT2D eigenvalue weighted by molar-refractivity contribution is 0.140. The lowest BCUT2D eigenvalue weighted by Crippen LogP contribution is -2.49. The zero-order chi connectivity index (χ0) is 19.0. The molecule has 136 valence electrons. The monoisotopic (exact) mass is 364 g/mol. The molecule has 0 fully saturated rings. The molecule has 1 heterocycles. The largest absolute Gasteiger partial charge is 0.485 e. The molecule has 2 nitrogen and oxygen atoms in total. The Hall–Kier alpha value is -3.04. The van der Waals surface area contributed by atoms with Crippen LogP contribution < -0.4 is 10.2 Å². The lowest BCUT2D eigenvalue weighted by atomic mass is 9.57.